The van der Waals surface area contributed by atoms with Gasteiger partial charge < -0.3 is 5.73 Å². The first-order valence-corrected chi connectivity index (χ1v) is 9.92. The number of nitrogen functional groups attached to an aromatic ring is 1. The average molecular weight is 332 g/mol. The van der Waals surface area contributed by atoms with Gasteiger partial charge in [-0.2, -0.15) is 0 Å². The maximum absolute atomic E-state index is 12.4. The van der Waals surface area contributed by atoms with Crippen molar-refractivity contribution in [1.82, 2.24) is 4.72 Å². The van der Waals surface area contributed by atoms with Gasteiger partial charge in [-0.05, 0) is 43.9 Å². The third kappa shape index (κ3) is 3.22. The number of hydrogen-bond donors (Lipinski definition) is 2. The third-order valence-electron chi connectivity index (χ3n) is 3.94. The molecular weight excluding hydrogens is 312 g/mol. The molecule has 0 radical (unpaired) electrons. The van der Waals surface area contributed by atoms with E-state index in [4.69, 9.17) is 5.73 Å². The summed E-state index contributed by atoms with van der Waals surface area (Å²) in [6, 6.07) is 3.30. The molecular formula is C13H20N2O4S2. The standard InChI is InChI=1S/C13H20N2O4S2/c1-9-5-6-12(14)13(10(9)2)21(18,19)15-8-11-4-3-7-20(11,16)17/h5-6,11,15H,3-4,7-8,14H2,1-2H3. The predicted octanol–water partition coefficient (Wildman–Crippen LogP) is 0.741. The topological polar surface area (TPSA) is 106 Å². The van der Waals surface area contributed by atoms with E-state index >= 15 is 0 Å². The second-order valence-electron chi connectivity index (χ2n) is 5.41. The highest BCUT2D eigenvalue weighted by molar-refractivity contribution is 7.92. The van der Waals surface area contributed by atoms with E-state index in [1.54, 1.807) is 26.0 Å². The lowest BCUT2D eigenvalue weighted by atomic mass is 10.1. The summed E-state index contributed by atoms with van der Waals surface area (Å²) in [5, 5.41) is -0.640. The molecule has 0 saturated carbocycles. The fraction of sp³-hybridized carbons (Fsp3) is 0.538. The van der Waals surface area contributed by atoms with E-state index in [0.29, 0.717) is 18.4 Å². The van der Waals surface area contributed by atoms with E-state index < -0.39 is 25.1 Å². The Morgan fingerprint density at radius 3 is 2.57 bits per heavy atom. The molecule has 0 aliphatic carbocycles. The molecule has 1 saturated heterocycles. The van der Waals surface area contributed by atoms with Crippen molar-refractivity contribution in [3.05, 3.63) is 23.3 Å². The summed E-state index contributed by atoms with van der Waals surface area (Å²) >= 11 is 0. The van der Waals surface area contributed by atoms with Crippen molar-refractivity contribution in [3.8, 4) is 0 Å². The summed E-state index contributed by atoms with van der Waals surface area (Å²) in [5.74, 6) is 0.130. The minimum atomic E-state index is -3.82. The number of anilines is 1. The first-order chi connectivity index (χ1) is 9.65. The molecule has 1 unspecified atom stereocenters. The zero-order valence-electron chi connectivity index (χ0n) is 12.1. The van der Waals surface area contributed by atoms with Gasteiger partial charge in [0.05, 0.1) is 16.7 Å². The number of aryl methyl sites for hydroxylation is 1. The minimum Gasteiger partial charge on any atom is -0.398 e. The molecule has 1 aliphatic rings. The predicted molar refractivity (Wildman–Crippen MR) is 82.3 cm³/mol. The molecule has 1 atom stereocenters. The van der Waals surface area contributed by atoms with E-state index in [0.717, 1.165) is 5.56 Å². The Balaban J connectivity index is 2.26. The van der Waals surface area contributed by atoms with Crippen LogP contribution in [0.4, 0.5) is 5.69 Å². The van der Waals surface area contributed by atoms with E-state index in [1.807, 2.05) is 0 Å². The van der Waals surface area contributed by atoms with E-state index in [2.05, 4.69) is 4.72 Å². The van der Waals surface area contributed by atoms with Crippen LogP contribution in [0.1, 0.15) is 24.0 Å². The SMILES string of the molecule is Cc1ccc(N)c(S(=O)(=O)NCC2CCCS2(=O)=O)c1C. The fourth-order valence-corrected chi connectivity index (χ4v) is 5.91. The Labute approximate surface area is 125 Å². The molecule has 1 aliphatic heterocycles. The van der Waals surface area contributed by atoms with Crippen molar-refractivity contribution in [2.75, 3.05) is 18.0 Å². The first kappa shape index (κ1) is 16.3. The Kier molecular flexibility index (Phi) is 4.32. The quantitative estimate of drug-likeness (QED) is 0.791. The molecule has 0 aromatic heterocycles. The molecule has 118 valence electrons. The molecule has 1 fully saturated rings. The molecule has 0 spiro atoms. The van der Waals surface area contributed by atoms with Crippen LogP contribution in [0.5, 0.6) is 0 Å². The summed E-state index contributed by atoms with van der Waals surface area (Å²) in [5.41, 5.74) is 7.34. The van der Waals surface area contributed by atoms with Crippen LogP contribution < -0.4 is 10.5 Å². The number of sulfone groups is 1. The molecule has 0 bridgehead atoms. The molecule has 1 aromatic carbocycles. The number of nitrogens with one attached hydrogen (secondary N) is 1. The average Bonchev–Trinajstić information content (AvgIpc) is 2.71. The first-order valence-electron chi connectivity index (χ1n) is 6.72. The van der Waals surface area contributed by atoms with Gasteiger partial charge in [-0.3, -0.25) is 0 Å². The molecule has 8 heteroatoms. The minimum absolute atomic E-state index is 0.0397. The zero-order valence-corrected chi connectivity index (χ0v) is 13.7. The number of hydrogen-bond acceptors (Lipinski definition) is 5. The van der Waals surface area contributed by atoms with Gasteiger partial charge in [0.25, 0.3) is 0 Å². The van der Waals surface area contributed by atoms with Gasteiger partial charge in [-0.25, -0.2) is 21.6 Å². The van der Waals surface area contributed by atoms with Gasteiger partial charge in [0, 0.05) is 6.54 Å². The number of sulfonamides is 1. The van der Waals surface area contributed by atoms with Crippen molar-refractivity contribution >= 4 is 25.5 Å². The summed E-state index contributed by atoms with van der Waals surface area (Å²) in [6.45, 7) is 3.39. The zero-order chi connectivity index (χ0) is 15.8. The van der Waals surface area contributed by atoms with Crippen LogP contribution in [-0.4, -0.2) is 34.4 Å². The van der Waals surface area contributed by atoms with Gasteiger partial charge >= 0.3 is 0 Å². The van der Waals surface area contributed by atoms with Gasteiger partial charge in [-0.15, -0.1) is 0 Å². The van der Waals surface area contributed by atoms with Crippen molar-refractivity contribution in [2.24, 2.45) is 0 Å². The van der Waals surface area contributed by atoms with Gasteiger partial charge in [0.1, 0.15) is 4.90 Å². The summed E-state index contributed by atoms with van der Waals surface area (Å²) < 4.78 is 50.7. The van der Waals surface area contributed by atoms with Gasteiger partial charge in [-0.1, -0.05) is 6.07 Å². The van der Waals surface area contributed by atoms with Crippen LogP contribution >= 0.6 is 0 Å². The van der Waals surface area contributed by atoms with Crippen LogP contribution in [0.15, 0.2) is 17.0 Å². The Hall–Kier alpha value is -1.12. The molecule has 0 amide bonds. The summed E-state index contributed by atoms with van der Waals surface area (Å²) in [6.07, 6.45) is 1.08. The van der Waals surface area contributed by atoms with Crippen LogP contribution in [-0.2, 0) is 19.9 Å². The third-order valence-corrected chi connectivity index (χ3v) is 7.84. The maximum Gasteiger partial charge on any atom is 0.242 e. The highest BCUT2D eigenvalue weighted by Gasteiger charge is 2.32. The summed E-state index contributed by atoms with van der Waals surface area (Å²) in [4.78, 5) is 0.0397. The number of benzene rings is 1. The van der Waals surface area contributed by atoms with Crippen molar-refractivity contribution in [1.29, 1.82) is 0 Å². The molecule has 3 N–H and O–H groups in total. The molecule has 1 heterocycles. The maximum atomic E-state index is 12.4. The normalized spacial score (nSPS) is 21.5. The van der Waals surface area contributed by atoms with Crippen molar-refractivity contribution in [3.63, 3.8) is 0 Å². The van der Waals surface area contributed by atoms with Crippen molar-refractivity contribution in [2.45, 2.75) is 36.8 Å². The van der Waals surface area contributed by atoms with E-state index in [9.17, 15) is 16.8 Å². The lowest BCUT2D eigenvalue weighted by molar-refractivity contribution is 0.570. The fourth-order valence-electron chi connectivity index (χ4n) is 2.53. The lowest BCUT2D eigenvalue weighted by Gasteiger charge is -2.15. The molecule has 1 aromatic rings. The van der Waals surface area contributed by atoms with Crippen LogP contribution in [0, 0.1) is 13.8 Å². The molecule has 6 nitrogen and oxygen atoms in total. The molecule has 2 rings (SSSR count). The summed E-state index contributed by atoms with van der Waals surface area (Å²) in [7, 11) is -7.00. The van der Waals surface area contributed by atoms with Crippen LogP contribution in [0.3, 0.4) is 0 Å². The Morgan fingerprint density at radius 2 is 2.00 bits per heavy atom. The monoisotopic (exact) mass is 332 g/mol. The Bertz CT molecular complexity index is 755. The second kappa shape index (κ2) is 5.58. The highest BCUT2D eigenvalue weighted by atomic mass is 32.2. The van der Waals surface area contributed by atoms with Crippen molar-refractivity contribution < 1.29 is 16.8 Å². The van der Waals surface area contributed by atoms with E-state index in [-0.39, 0.29) is 22.9 Å². The van der Waals surface area contributed by atoms with Gasteiger partial charge in [0.2, 0.25) is 10.0 Å². The highest BCUT2D eigenvalue weighted by Crippen LogP contribution is 2.26. The second-order valence-corrected chi connectivity index (χ2v) is 9.51. The number of rotatable bonds is 4. The van der Waals surface area contributed by atoms with E-state index in [1.165, 1.54) is 0 Å². The van der Waals surface area contributed by atoms with Crippen LogP contribution in [0.25, 0.3) is 0 Å². The van der Waals surface area contributed by atoms with Crippen LogP contribution in [0.2, 0.25) is 0 Å². The smallest absolute Gasteiger partial charge is 0.242 e. The number of nitrogens with two attached hydrogens (primary N) is 1. The largest absolute Gasteiger partial charge is 0.398 e. The lowest BCUT2D eigenvalue weighted by Crippen LogP contribution is -2.35. The van der Waals surface area contributed by atoms with Gasteiger partial charge in [0.15, 0.2) is 9.84 Å². The Morgan fingerprint density at radius 1 is 1.33 bits per heavy atom. The molecule has 21 heavy (non-hydrogen) atoms.